The van der Waals surface area contributed by atoms with E-state index in [9.17, 15) is 9.59 Å². The van der Waals surface area contributed by atoms with Crippen molar-refractivity contribution in [2.24, 2.45) is 0 Å². The number of aryl methyl sites for hydroxylation is 1. The number of benzene rings is 2. The molecular formula is C20H24ClN3O2. The molecule has 0 atom stereocenters. The summed E-state index contributed by atoms with van der Waals surface area (Å²) in [7, 11) is 0. The molecule has 0 aliphatic rings. The minimum atomic E-state index is -0.179. The molecule has 2 amide bonds. The Labute approximate surface area is 159 Å². The Kier molecular flexibility index (Phi) is 7.48. The summed E-state index contributed by atoms with van der Waals surface area (Å²) in [5, 5.41) is 9.34. The first-order valence-electron chi connectivity index (χ1n) is 8.67. The molecule has 0 heterocycles. The number of nitrogens with one attached hydrogen (secondary N) is 3. The van der Waals surface area contributed by atoms with E-state index in [0.29, 0.717) is 22.8 Å². The molecule has 0 aromatic heterocycles. The summed E-state index contributed by atoms with van der Waals surface area (Å²) in [5.41, 5.74) is 2.99. The third-order valence-electron chi connectivity index (χ3n) is 3.87. The lowest BCUT2D eigenvalue weighted by molar-refractivity contribution is -0.114. The van der Waals surface area contributed by atoms with E-state index in [0.717, 1.165) is 24.1 Å². The van der Waals surface area contributed by atoms with Gasteiger partial charge in [-0.1, -0.05) is 31.0 Å². The van der Waals surface area contributed by atoms with Gasteiger partial charge in [0.15, 0.2) is 0 Å². The molecule has 0 aliphatic carbocycles. The largest absolute Gasteiger partial charge is 0.376 e. The van der Waals surface area contributed by atoms with Crippen LogP contribution in [0.5, 0.6) is 0 Å². The van der Waals surface area contributed by atoms with Gasteiger partial charge >= 0.3 is 0 Å². The second-order valence-corrected chi connectivity index (χ2v) is 6.46. The molecule has 2 rings (SSSR count). The fourth-order valence-electron chi connectivity index (χ4n) is 2.28. The number of halogens is 1. The van der Waals surface area contributed by atoms with Crippen LogP contribution in [0.2, 0.25) is 5.02 Å². The van der Waals surface area contributed by atoms with E-state index in [1.165, 1.54) is 0 Å². The zero-order valence-electron chi connectivity index (χ0n) is 15.1. The maximum atomic E-state index is 12.0. The molecule has 6 heteroatoms. The highest BCUT2D eigenvalue weighted by molar-refractivity contribution is 6.31. The van der Waals surface area contributed by atoms with Crippen LogP contribution in [0.1, 0.15) is 35.7 Å². The van der Waals surface area contributed by atoms with Gasteiger partial charge in [0.05, 0.1) is 6.54 Å². The highest BCUT2D eigenvalue weighted by Crippen LogP contribution is 2.19. The van der Waals surface area contributed by atoms with E-state index in [4.69, 9.17) is 11.6 Å². The fraction of sp³-hybridized carbons (Fsp3) is 0.300. The lowest BCUT2D eigenvalue weighted by atomic mass is 10.2. The third-order valence-corrected chi connectivity index (χ3v) is 4.28. The van der Waals surface area contributed by atoms with Crippen molar-refractivity contribution in [2.45, 2.75) is 26.7 Å². The molecule has 138 valence electrons. The van der Waals surface area contributed by atoms with Crippen molar-refractivity contribution in [1.29, 1.82) is 0 Å². The summed E-state index contributed by atoms with van der Waals surface area (Å²) in [6.45, 7) is 4.79. The fourth-order valence-corrected chi connectivity index (χ4v) is 2.46. The molecule has 26 heavy (non-hydrogen) atoms. The summed E-state index contributed by atoms with van der Waals surface area (Å²) in [5.74, 6) is -0.281. The molecule has 0 saturated heterocycles. The number of carbonyl (C=O) groups excluding carboxylic acids is 2. The monoisotopic (exact) mass is 373 g/mol. The van der Waals surface area contributed by atoms with Gasteiger partial charge in [0.25, 0.3) is 5.91 Å². The summed E-state index contributed by atoms with van der Waals surface area (Å²) in [6.07, 6.45) is 1.99. The molecule has 5 nitrogen and oxygen atoms in total. The van der Waals surface area contributed by atoms with Crippen LogP contribution in [0.15, 0.2) is 42.5 Å². The van der Waals surface area contributed by atoms with Gasteiger partial charge in [0.2, 0.25) is 5.91 Å². The van der Waals surface area contributed by atoms with Crippen LogP contribution in [0.3, 0.4) is 0 Å². The second-order valence-electron chi connectivity index (χ2n) is 6.05. The normalized spacial score (nSPS) is 10.3. The van der Waals surface area contributed by atoms with E-state index in [2.05, 4.69) is 22.9 Å². The Morgan fingerprint density at radius 3 is 2.38 bits per heavy atom. The van der Waals surface area contributed by atoms with Crippen molar-refractivity contribution < 1.29 is 9.59 Å². The highest BCUT2D eigenvalue weighted by atomic mass is 35.5. The smallest absolute Gasteiger partial charge is 0.251 e. The number of hydrogen-bond acceptors (Lipinski definition) is 3. The second kappa shape index (κ2) is 9.82. The van der Waals surface area contributed by atoms with Gasteiger partial charge in [-0.2, -0.15) is 0 Å². The number of hydrogen-bond donors (Lipinski definition) is 3. The lowest BCUT2D eigenvalue weighted by Crippen LogP contribution is -2.24. The van der Waals surface area contributed by atoms with Gasteiger partial charge in [-0.25, -0.2) is 0 Å². The predicted octanol–water partition coefficient (Wildman–Crippen LogP) is 4.23. The van der Waals surface area contributed by atoms with Crippen LogP contribution in [0.4, 0.5) is 11.4 Å². The van der Waals surface area contributed by atoms with Crippen molar-refractivity contribution in [1.82, 2.24) is 5.32 Å². The van der Waals surface area contributed by atoms with Crippen LogP contribution in [-0.4, -0.2) is 24.9 Å². The summed E-state index contributed by atoms with van der Waals surface area (Å²) < 4.78 is 0. The molecule has 0 unspecified atom stereocenters. The van der Waals surface area contributed by atoms with E-state index < -0.39 is 0 Å². The van der Waals surface area contributed by atoms with E-state index >= 15 is 0 Å². The maximum Gasteiger partial charge on any atom is 0.251 e. The average Bonchev–Trinajstić information content (AvgIpc) is 2.63. The third kappa shape index (κ3) is 6.08. The van der Waals surface area contributed by atoms with Gasteiger partial charge in [-0.05, 0) is 55.3 Å². The average molecular weight is 374 g/mol. The van der Waals surface area contributed by atoms with Crippen LogP contribution in [0.25, 0.3) is 0 Å². The van der Waals surface area contributed by atoms with Gasteiger partial charge < -0.3 is 16.0 Å². The van der Waals surface area contributed by atoms with E-state index in [1.54, 1.807) is 30.3 Å². The minimum Gasteiger partial charge on any atom is -0.376 e. The van der Waals surface area contributed by atoms with Crippen LogP contribution in [0, 0.1) is 6.92 Å². The van der Waals surface area contributed by atoms with E-state index in [-0.39, 0.29) is 18.4 Å². The van der Waals surface area contributed by atoms with Crippen LogP contribution in [-0.2, 0) is 4.79 Å². The molecule has 0 spiro atoms. The molecule has 0 bridgehead atoms. The quantitative estimate of drug-likeness (QED) is 0.606. The number of unbranched alkanes of at least 4 members (excludes halogenated alkanes) is 1. The first-order chi connectivity index (χ1) is 12.5. The van der Waals surface area contributed by atoms with Crippen molar-refractivity contribution in [3.8, 4) is 0 Å². The highest BCUT2D eigenvalue weighted by Gasteiger charge is 2.07. The maximum absolute atomic E-state index is 12.0. The minimum absolute atomic E-state index is 0.103. The topological polar surface area (TPSA) is 70.2 Å². The molecule has 0 fully saturated rings. The SMILES string of the molecule is CCCCNC(=O)c1ccc(NC(=O)CNc2ccc(C)c(Cl)c2)cc1. The van der Waals surface area contributed by atoms with Gasteiger partial charge in [-0.15, -0.1) is 0 Å². The Hall–Kier alpha value is -2.53. The molecule has 0 saturated carbocycles. The van der Waals surface area contributed by atoms with E-state index in [1.807, 2.05) is 19.1 Å². The zero-order chi connectivity index (χ0) is 18.9. The number of carbonyl (C=O) groups is 2. The Bertz CT molecular complexity index is 760. The summed E-state index contributed by atoms with van der Waals surface area (Å²) in [4.78, 5) is 24.0. The Morgan fingerprint density at radius 1 is 1.04 bits per heavy atom. The molecular weight excluding hydrogens is 350 g/mol. The summed E-state index contributed by atoms with van der Waals surface area (Å²) in [6, 6.07) is 12.4. The first-order valence-corrected chi connectivity index (χ1v) is 9.05. The molecule has 2 aromatic rings. The number of rotatable bonds is 8. The van der Waals surface area contributed by atoms with Gasteiger partial charge in [0.1, 0.15) is 0 Å². The molecule has 0 radical (unpaired) electrons. The molecule has 2 aromatic carbocycles. The van der Waals surface area contributed by atoms with Crippen molar-refractivity contribution in [3.63, 3.8) is 0 Å². The molecule has 3 N–H and O–H groups in total. The van der Waals surface area contributed by atoms with Gasteiger partial charge in [0, 0.05) is 28.5 Å². The zero-order valence-corrected chi connectivity index (χ0v) is 15.8. The van der Waals surface area contributed by atoms with Crippen molar-refractivity contribution in [2.75, 3.05) is 23.7 Å². The predicted molar refractivity (Wildman–Crippen MR) is 107 cm³/mol. The lowest BCUT2D eigenvalue weighted by Gasteiger charge is -2.10. The van der Waals surface area contributed by atoms with Crippen LogP contribution >= 0.6 is 11.6 Å². The van der Waals surface area contributed by atoms with Crippen molar-refractivity contribution in [3.05, 3.63) is 58.6 Å². The Balaban J connectivity index is 1.83. The van der Waals surface area contributed by atoms with Crippen LogP contribution < -0.4 is 16.0 Å². The standard InChI is InChI=1S/C20H24ClN3O2/c1-3-4-11-22-20(26)15-6-9-16(10-7-15)24-19(25)13-23-17-8-5-14(2)18(21)12-17/h5-10,12,23H,3-4,11,13H2,1-2H3,(H,22,26)(H,24,25). The Morgan fingerprint density at radius 2 is 1.73 bits per heavy atom. The first kappa shape index (κ1) is 19.8. The summed E-state index contributed by atoms with van der Waals surface area (Å²) >= 11 is 6.07. The number of anilines is 2. The number of amides is 2. The van der Waals surface area contributed by atoms with Crippen molar-refractivity contribution >= 4 is 34.8 Å². The van der Waals surface area contributed by atoms with Gasteiger partial charge in [-0.3, -0.25) is 9.59 Å². The molecule has 0 aliphatic heterocycles.